The standard InChI is InChI=1S/C21H19F3N2O4/c1-13-19(14(2)30-26-13)12-28-18-5-3-4-16(10-18)20(27)25-11-15-6-8-17(9-7-15)29-21(22,23)24/h3-10H,11-12H2,1-2H3,(H,25,27). The van der Waals surface area contributed by atoms with Gasteiger partial charge in [0.15, 0.2) is 0 Å². The molecule has 1 aromatic heterocycles. The van der Waals surface area contributed by atoms with Gasteiger partial charge in [-0.05, 0) is 49.7 Å². The Morgan fingerprint density at radius 3 is 2.47 bits per heavy atom. The Kier molecular flexibility index (Phi) is 6.29. The lowest BCUT2D eigenvalue weighted by Gasteiger charge is -2.10. The molecule has 3 rings (SSSR count). The van der Waals surface area contributed by atoms with Gasteiger partial charge < -0.3 is 19.3 Å². The molecule has 0 aliphatic carbocycles. The molecule has 3 aromatic rings. The van der Waals surface area contributed by atoms with Crippen molar-refractivity contribution in [3.8, 4) is 11.5 Å². The van der Waals surface area contributed by atoms with Crippen LogP contribution in [0, 0.1) is 13.8 Å². The topological polar surface area (TPSA) is 73.6 Å². The first-order valence-electron chi connectivity index (χ1n) is 8.99. The Balaban J connectivity index is 1.56. The van der Waals surface area contributed by atoms with E-state index in [1.54, 1.807) is 31.2 Å². The fourth-order valence-electron chi connectivity index (χ4n) is 2.68. The highest BCUT2D eigenvalue weighted by atomic mass is 19.4. The summed E-state index contributed by atoms with van der Waals surface area (Å²) in [5, 5.41) is 6.58. The molecule has 0 unspecified atom stereocenters. The molecule has 2 aromatic carbocycles. The maximum absolute atomic E-state index is 12.4. The molecule has 0 spiro atoms. The predicted octanol–water partition coefficient (Wildman–Crippen LogP) is 4.70. The lowest BCUT2D eigenvalue weighted by atomic mass is 10.1. The number of halogens is 3. The molecule has 9 heteroatoms. The molecule has 6 nitrogen and oxygen atoms in total. The van der Waals surface area contributed by atoms with Crippen LogP contribution in [0.2, 0.25) is 0 Å². The zero-order chi connectivity index (χ0) is 21.7. The third kappa shape index (κ3) is 5.76. The number of benzene rings is 2. The number of hydrogen-bond acceptors (Lipinski definition) is 5. The van der Waals surface area contributed by atoms with E-state index >= 15 is 0 Å². The van der Waals surface area contributed by atoms with E-state index in [0.717, 1.165) is 11.3 Å². The van der Waals surface area contributed by atoms with E-state index in [0.29, 0.717) is 22.6 Å². The number of nitrogens with zero attached hydrogens (tertiary/aromatic N) is 1. The van der Waals surface area contributed by atoms with E-state index in [4.69, 9.17) is 9.26 Å². The highest BCUT2D eigenvalue weighted by Gasteiger charge is 2.30. The number of alkyl halides is 3. The molecule has 1 heterocycles. The minimum Gasteiger partial charge on any atom is -0.489 e. The molecule has 0 fully saturated rings. The molecule has 30 heavy (non-hydrogen) atoms. The first-order valence-corrected chi connectivity index (χ1v) is 8.99. The fraction of sp³-hybridized carbons (Fsp3) is 0.238. The number of hydrogen-bond donors (Lipinski definition) is 1. The van der Waals surface area contributed by atoms with Gasteiger partial charge in [-0.3, -0.25) is 4.79 Å². The van der Waals surface area contributed by atoms with Crippen molar-refractivity contribution < 1.29 is 32.0 Å². The Morgan fingerprint density at radius 1 is 1.10 bits per heavy atom. The molecule has 0 atom stereocenters. The molecule has 1 N–H and O–H groups in total. The van der Waals surface area contributed by atoms with Crippen LogP contribution in [0.3, 0.4) is 0 Å². The van der Waals surface area contributed by atoms with Gasteiger partial charge in [-0.15, -0.1) is 13.2 Å². The smallest absolute Gasteiger partial charge is 0.489 e. The van der Waals surface area contributed by atoms with Crippen molar-refractivity contribution in [2.24, 2.45) is 0 Å². The van der Waals surface area contributed by atoms with Crippen LogP contribution < -0.4 is 14.8 Å². The summed E-state index contributed by atoms with van der Waals surface area (Å²) in [6, 6.07) is 12.0. The summed E-state index contributed by atoms with van der Waals surface area (Å²) in [5.41, 5.74) is 2.61. The van der Waals surface area contributed by atoms with Gasteiger partial charge in [0.1, 0.15) is 23.9 Å². The summed E-state index contributed by atoms with van der Waals surface area (Å²) in [7, 11) is 0. The van der Waals surface area contributed by atoms with Crippen LogP contribution in [0.15, 0.2) is 53.1 Å². The fourth-order valence-corrected chi connectivity index (χ4v) is 2.68. The molecule has 0 saturated heterocycles. The van der Waals surface area contributed by atoms with E-state index in [9.17, 15) is 18.0 Å². The molecule has 0 aliphatic rings. The van der Waals surface area contributed by atoms with E-state index in [-0.39, 0.29) is 24.8 Å². The number of carbonyl (C=O) groups excluding carboxylic acids is 1. The van der Waals surface area contributed by atoms with Crippen molar-refractivity contribution in [1.29, 1.82) is 0 Å². The van der Waals surface area contributed by atoms with Crippen molar-refractivity contribution in [3.05, 3.63) is 76.7 Å². The van der Waals surface area contributed by atoms with Gasteiger partial charge in [-0.2, -0.15) is 0 Å². The summed E-state index contributed by atoms with van der Waals surface area (Å²) in [4.78, 5) is 12.4. The highest BCUT2D eigenvalue weighted by Crippen LogP contribution is 2.23. The first-order chi connectivity index (χ1) is 14.2. The van der Waals surface area contributed by atoms with E-state index in [1.807, 2.05) is 6.92 Å². The van der Waals surface area contributed by atoms with Crippen molar-refractivity contribution in [1.82, 2.24) is 10.5 Å². The number of amides is 1. The summed E-state index contributed by atoms with van der Waals surface area (Å²) in [5.74, 6) is 0.526. The normalized spacial score (nSPS) is 11.2. The second-order valence-corrected chi connectivity index (χ2v) is 6.49. The van der Waals surface area contributed by atoms with Gasteiger partial charge in [0.2, 0.25) is 0 Å². The first kappa shape index (κ1) is 21.2. The second kappa shape index (κ2) is 8.89. The second-order valence-electron chi connectivity index (χ2n) is 6.49. The molecule has 0 saturated carbocycles. The van der Waals surface area contributed by atoms with Gasteiger partial charge in [0.05, 0.1) is 11.3 Å². The molecule has 0 aliphatic heterocycles. The van der Waals surface area contributed by atoms with Crippen LogP contribution in [0.1, 0.15) is 32.9 Å². The van der Waals surface area contributed by atoms with Gasteiger partial charge in [-0.1, -0.05) is 23.4 Å². The largest absolute Gasteiger partial charge is 0.573 e. The number of carbonyl (C=O) groups is 1. The molecular weight excluding hydrogens is 401 g/mol. The number of rotatable bonds is 7. The quantitative estimate of drug-likeness (QED) is 0.600. The Hall–Kier alpha value is -3.49. The summed E-state index contributed by atoms with van der Waals surface area (Å²) in [6.07, 6.45) is -4.74. The van der Waals surface area contributed by atoms with Crippen molar-refractivity contribution in [2.75, 3.05) is 0 Å². The highest BCUT2D eigenvalue weighted by molar-refractivity contribution is 5.94. The Labute approximate surface area is 170 Å². The molecule has 0 bridgehead atoms. The van der Waals surface area contributed by atoms with Gasteiger partial charge >= 0.3 is 6.36 Å². The number of ether oxygens (including phenoxy) is 2. The minimum atomic E-state index is -4.74. The predicted molar refractivity (Wildman–Crippen MR) is 101 cm³/mol. The summed E-state index contributed by atoms with van der Waals surface area (Å²) in [6.45, 7) is 4.03. The van der Waals surface area contributed by atoms with Crippen molar-refractivity contribution >= 4 is 5.91 Å². The van der Waals surface area contributed by atoms with E-state index < -0.39 is 6.36 Å². The number of aryl methyl sites for hydroxylation is 2. The third-order valence-corrected chi connectivity index (χ3v) is 4.27. The van der Waals surface area contributed by atoms with Crippen LogP contribution in [-0.2, 0) is 13.2 Å². The molecular formula is C21H19F3N2O4. The van der Waals surface area contributed by atoms with Crippen LogP contribution in [-0.4, -0.2) is 17.4 Å². The van der Waals surface area contributed by atoms with Crippen molar-refractivity contribution in [2.45, 2.75) is 33.4 Å². The van der Waals surface area contributed by atoms with E-state index in [2.05, 4.69) is 15.2 Å². The van der Waals surface area contributed by atoms with Crippen LogP contribution in [0.4, 0.5) is 13.2 Å². The maximum atomic E-state index is 12.4. The van der Waals surface area contributed by atoms with Gasteiger partial charge in [-0.25, -0.2) is 0 Å². The lowest BCUT2D eigenvalue weighted by Crippen LogP contribution is -2.22. The molecule has 1 amide bonds. The number of nitrogens with one attached hydrogen (secondary N) is 1. The average Bonchev–Trinajstić information content (AvgIpc) is 3.02. The zero-order valence-electron chi connectivity index (χ0n) is 16.2. The van der Waals surface area contributed by atoms with Crippen LogP contribution in [0.25, 0.3) is 0 Å². The molecule has 158 valence electrons. The third-order valence-electron chi connectivity index (χ3n) is 4.27. The van der Waals surface area contributed by atoms with Gasteiger partial charge in [0, 0.05) is 12.1 Å². The van der Waals surface area contributed by atoms with Crippen LogP contribution in [0.5, 0.6) is 11.5 Å². The van der Waals surface area contributed by atoms with Gasteiger partial charge in [0.25, 0.3) is 5.91 Å². The Morgan fingerprint density at radius 2 is 1.83 bits per heavy atom. The summed E-state index contributed by atoms with van der Waals surface area (Å²) < 4.78 is 51.2. The number of aromatic nitrogens is 1. The maximum Gasteiger partial charge on any atom is 0.573 e. The SMILES string of the molecule is Cc1noc(C)c1COc1cccc(C(=O)NCc2ccc(OC(F)(F)F)cc2)c1. The molecule has 0 radical (unpaired) electrons. The zero-order valence-corrected chi connectivity index (χ0v) is 16.2. The lowest BCUT2D eigenvalue weighted by molar-refractivity contribution is -0.274. The minimum absolute atomic E-state index is 0.148. The summed E-state index contributed by atoms with van der Waals surface area (Å²) >= 11 is 0. The monoisotopic (exact) mass is 420 g/mol. The van der Waals surface area contributed by atoms with Crippen LogP contribution >= 0.6 is 0 Å². The van der Waals surface area contributed by atoms with Crippen molar-refractivity contribution in [3.63, 3.8) is 0 Å². The average molecular weight is 420 g/mol. The van der Waals surface area contributed by atoms with E-state index in [1.165, 1.54) is 24.3 Å². The Bertz CT molecular complexity index is 994.